The smallest absolute Gasteiger partial charge is 0.257 e. The van der Waals surface area contributed by atoms with Gasteiger partial charge in [0.2, 0.25) is 10.0 Å². The minimum Gasteiger partial charge on any atom is -0.497 e. The Morgan fingerprint density at radius 3 is 2.15 bits per heavy atom. The Balaban J connectivity index is 1.98. The van der Waals surface area contributed by atoms with E-state index in [1.807, 2.05) is 0 Å². The topological polar surface area (TPSA) is 96.5 Å². The highest BCUT2D eigenvalue weighted by Crippen LogP contribution is 2.15. The maximum Gasteiger partial charge on any atom is 0.257 e. The molecule has 2 aromatic carbocycles. The molecule has 0 aliphatic carbocycles. The van der Waals surface area contributed by atoms with E-state index in [2.05, 4.69) is 15.4 Å². The summed E-state index contributed by atoms with van der Waals surface area (Å²) in [6, 6.07) is 12.5. The first-order valence-corrected chi connectivity index (χ1v) is 9.99. The Morgan fingerprint density at radius 2 is 1.63 bits per heavy atom. The van der Waals surface area contributed by atoms with Gasteiger partial charge in [0, 0.05) is 17.3 Å². The molecule has 1 amide bonds. The highest BCUT2D eigenvalue weighted by Gasteiger charge is 2.15. The number of amides is 1. The lowest BCUT2D eigenvalue weighted by Gasteiger charge is -2.12. The summed E-state index contributed by atoms with van der Waals surface area (Å²) in [7, 11) is -2.01. The number of sulfonamides is 1. The number of thiocarbonyl (C=S) groups is 1. The SMILES string of the molecule is COc1ccc(C(=O)NC(=S)Nc2ccc(S(=O)(=O)NC(C)C)cc2)cc1. The van der Waals surface area contributed by atoms with Gasteiger partial charge in [0.25, 0.3) is 5.91 Å². The van der Waals surface area contributed by atoms with Crippen molar-refractivity contribution in [3.05, 3.63) is 54.1 Å². The molecular formula is C18H21N3O4S2. The van der Waals surface area contributed by atoms with Gasteiger partial charge in [0.1, 0.15) is 5.75 Å². The van der Waals surface area contributed by atoms with Crippen LogP contribution in [0.2, 0.25) is 0 Å². The van der Waals surface area contributed by atoms with Crippen LogP contribution >= 0.6 is 12.2 Å². The molecule has 0 aromatic heterocycles. The van der Waals surface area contributed by atoms with Crippen molar-refractivity contribution in [2.24, 2.45) is 0 Å². The lowest BCUT2D eigenvalue weighted by molar-refractivity contribution is 0.0977. The number of anilines is 1. The third kappa shape index (κ3) is 6.02. The molecule has 2 rings (SSSR count). The molecule has 0 radical (unpaired) electrons. The first kappa shape index (κ1) is 20.8. The molecule has 0 heterocycles. The molecule has 144 valence electrons. The van der Waals surface area contributed by atoms with Gasteiger partial charge >= 0.3 is 0 Å². The van der Waals surface area contributed by atoms with E-state index in [-0.39, 0.29) is 22.0 Å². The summed E-state index contributed by atoms with van der Waals surface area (Å²) < 4.78 is 31.8. The van der Waals surface area contributed by atoms with Crippen molar-refractivity contribution in [2.45, 2.75) is 24.8 Å². The summed E-state index contributed by atoms with van der Waals surface area (Å²) in [6.07, 6.45) is 0. The quantitative estimate of drug-likeness (QED) is 0.637. The number of benzene rings is 2. The molecule has 2 aromatic rings. The van der Waals surface area contributed by atoms with Crippen LogP contribution in [0, 0.1) is 0 Å². The monoisotopic (exact) mass is 407 g/mol. The molecule has 0 atom stereocenters. The van der Waals surface area contributed by atoms with Gasteiger partial charge in [-0.05, 0) is 74.6 Å². The summed E-state index contributed by atoms with van der Waals surface area (Å²) in [5.41, 5.74) is 0.986. The number of carbonyl (C=O) groups is 1. The van der Waals surface area contributed by atoms with Crippen LogP contribution in [0.3, 0.4) is 0 Å². The van der Waals surface area contributed by atoms with E-state index >= 15 is 0 Å². The van der Waals surface area contributed by atoms with Crippen molar-refractivity contribution in [3.8, 4) is 5.75 Å². The molecule has 0 bridgehead atoms. The van der Waals surface area contributed by atoms with Crippen LogP contribution in [-0.2, 0) is 10.0 Å². The number of carbonyl (C=O) groups excluding carboxylic acids is 1. The summed E-state index contributed by atoms with van der Waals surface area (Å²) in [4.78, 5) is 12.3. The fourth-order valence-corrected chi connectivity index (χ4v) is 3.64. The maximum absolute atomic E-state index is 12.2. The van der Waals surface area contributed by atoms with Gasteiger partial charge in [-0.15, -0.1) is 0 Å². The van der Waals surface area contributed by atoms with Crippen molar-refractivity contribution in [2.75, 3.05) is 12.4 Å². The van der Waals surface area contributed by atoms with E-state index in [0.717, 1.165) is 0 Å². The number of hydrogen-bond donors (Lipinski definition) is 3. The zero-order valence-electron chi connectivity index (χ0n) is 15.1. The Hall–Kier alpha value is -2.49. The van der Waals surface area contributed by atoms with Crippen LogP contribution in [0.25, 0.3) is 0 Å². The number of methoxy groups -OCH3 is 1. The average molecular weight is 408 g/mol. The van der Waals surface area contributed by atoms with E-state index in [1.165, 1.54) is 12.1 Å². The average Bonchev–Trinajstić information content (AvgIpc) is 2.61. The van der Waals surface area contributed by atoms with Gasteiger partial charge in [0.05, 0.1) is 12.0 Å². The summed E-state index contributed by atoms with van der Waals surface area (Å²) >= 11 is 5.13. The van der Waals surface area contributed by atoms with Crippen molar-refractivity contribution in [1.29, 1.82) is 0 Å². The molecule has 27 heavy (non-hydrogen) atoms. The molecule has 0 aliphatic heterocycles. The zero-order chi connectivity index (χ0) is 20.0. The van der Waals surface area contributed by atoms with Crippen LogP contribution in [0.15, 0.2) is 53.4 Å². The van der Waals surface area contributed by atoms with Crippen molar-refractivity contribution in [3.63, 3.8) is 0 Å². The van der Waals surface area contributed by atoms with Crippen molar-refractivity contribution in [1.82, 2.24) is 10.0 Å². The number of hydrogen-bond acceptors (Lipinski definition) is 5. The minimum atomic E-state index is -3.56. The van der Waals surface area contributed by atoms with Crippen molar-refractivity contribution < 1.29 is 17.9 Å². The van der Waals surface area contributed by atoms with Gasteiger partial charge in [0.15, 0.2) is 5.11 Å². The molecule has 0 unspecified atom stereocenters. The number of ether oxygens (including phenoxy) is 1. The number of rotatable bonds is 6. The number of nitrogens with one attached hydrogen (secondary N) is 3. The van der Waals surface area contributed by atoms with E-state index in [4.69, 9.17) is 17.0 Å². The van der Waals surface area contributed by atoms with Gasteiger partial charge < -0.3 is 10.1 Å². The normalized spacial score (nSPS) is 11.1. The lowest BCUT2D eigenvalue weighted by atomic mass is 10.2. The molecule has 0 fully saturated rings. The van der Waals surface area contributed by atoms with E-state index in [0.29, 0.717) is 17.0 Å². The molecule has 0 aliphatic rings. The molecule has 0 saturated carbocycles. The Morgan fingerprint density at radius 1 is 1.04 bits per heavy atom. The first-order valence-electron chi connectivity index (χ1n) is 8.10. The van der Waals surface area contributed by atoms with Crippen LogP contribution in [0.5, 0.6) is 5.75 Å². The van der Waals surface area contributed by atoms with Crippen LogP contribution < -0.4 is 20.1 Å². The highest BCUT2D eigenvalue weighted by atomic mass is 32.2. The van der Waals surface area contributed by atoms with Crippen LogP contribution in [0.1, 0.15) is 24.2 Å². The predicted octanol–water partition coefficient (Wildman–Crippen LogP) is 2.51. The summed E-state index contributed by atoms with van der Waals surface area (Å²) in [6.45, 7) is 3.49. The standard InChI is InChI=1S/C18H21N3O4S2/c1-12(2)21-27(23,24)16-10-6-14(7-11-16)19-18(26)20-17(22)13-4-8-15(25-3)9-5-13/h4-12,21H,1-3H3,(H2,19,20,22,26). The summed E-state index contributed by atoms with van der Waals surface area (Å²) in [5.74, 6) is 0.282. The highest BCUT2D eigenvalue weighted by molar-refractivity contribution is 7.89. The van der Waals surface area contributed by atoms with Crippen LogP contribution in [0.4, 0.5) is 5.69 Å². The third-order valence-corrected chi connectivity index (χ3v) is 5.27. The Labute approximate surface area is 164 Å². The molecule has 0 saturated heterocycles. The fraction of sp³-hybridized carbons (Fsp3) is 0.222. The lowest BCUT2D eigenvalue weighted by Crippen LogP contribution is -2.34. The Bertz CT molecular complexity index is 909. The van der Waals surface area contributed by atoms with Gasteiger partial charge in [-0.3, -0.25) is 10.1 Å². The zero-order valence-corrected chi connectivity index (χ0v) is 16.8. The van der Waals surface area contributed by atoms with Crippen molar-refractivity contribution >= 4 is 38.9 Å². The van der Waals surface area contributed by atoms with Gasteiger partial charge in [-0.2, -0.15) is 0 Å². The molecule has 7 nitrogen and oxygen atoms in total. The minimum absolute atomic E-state index is 0.103. The third-order valence-electron chi connectivity index (χ3n) is 3.39. The van der Waals surface area contributed by atoms with E-state index in [9.17, 15) is 13.2 Å². The fourth-order valence-electron chi connectivity index (χ4n) is 2.18. The molecular weight excluding hydrogens is 386 g/mol. The first-order chi connectivity index (χ1) is 12.7. The van der Waals surface area contributed by atoms with Gasteiger partial charge in [-0.25, -0.2) is 13.1 Å². The molecule has 0 spiro atoms. The molecule has 9 heteroatoms. The van der Waals surface area contributed by atoms with E-state index in [1.54, 1.807) is 57.4 Å². The predicted molar refractivity (Wildman–Crippen MR) is 109 cm³/mol. The largest absolute Gasteiger partial charge is 0.497 e. The Kier molecular flexibility index (Phi) is 6.89. The summed E-state index contributed by atoms with van der Waals surface area (Å²) in [5, 5.41) is 5.51. The van der Waals surface area contributed by atoms with Gasteiger partial charge in [-0.1, -0.05) is 0 Å². The van der Waals surface area contributed by atoms with E-state index < -0.39 is 10.0 Å². The maximum atomic E-state index is 12.2. The second-order valence-electron chi connectivity index (χ2n) is 5.94. The second-order valence-corrected chi connectivity index (χ2v) is 8.06. The second kappa shape index (κ2) is 8.94. The molecule has 3 N–H and O–H groups in total. The van der Waals surface area contributed by atoms with Crippen LogP contribution in [-0.4, -0.2) is 32.6 Å².